The number of carbonyl (C=O) groups is 2. The number of allylic oxidation sites excluding steroid dienone is 2. The van der Waals surface area contributed by atoms with Gasteiger partial charge < -0.3 is 20.3 Å². The number of unbranched alkanes of at least 4 members (excludes halogenated alkanes) is 69. The number of aliphatic hydroxyl groups excluding tert-OH is 2. The second-order valence-electron chi connectivity index (χ2n) is 29.9. The van der Waals surface area contributed by atoms with Gasteiger partial charge in [-0.1, -0.05) is 450 Å². The molecular weight excluding hydrogens is 1130 g/mol. The number of nitrogens with one attached hydrogen (secondary N) is 1. The molecule has 2 unspecified atom stereocenters. The van der Waals surface area contributed by atoms with E-state index >= 15 is 0 Å². The highest BCUT2D eigenvalue weighted by molar-refractivity contribution is 5.76. The third-order valence-corrected chi connectivity index (χ3v) is 20.6. The molecule has 0 fully saturated rings. The lowest BCUT2D eigenvalue weighted by atomic mass is 10.0. The fourth-order valence-corrected chi connectivity index (χ4v) is 14.1. The van der Waals surface area contributed by atoms with Crippen LogP contribution in [0.3, 0.4) is 0 Å². The summed E-state index contributed by atoms with van der Waals surface area (Å²) in [5, 5.41) is 23.5. The van der Waals surface area contributed by atoms with Gasteiger partial charge in [-0.15, -0.1) is 0 Å². The third kappa shape index (κ3) is 77.6. The summed E-state index contributed by atoms with van der Waals surface area (Å²) in [6.45, 7) is 5.00. The van der Waals surface area contributed by atoms with E-state index in [0.29, 0.717) is 25.9 Å². The summed E-state index contributed by atoms with van der Waals surface area (Å²) >= 11 is 0. The van der Waals surface area contributed by atoms with Crippen LogP contribution in [-0.2, 0) is 14.3 Å². The maximum Gasteiger partial charge on any atom is 0.305 e. The molecule has 0 aromatic rings. The van der Waals surface area contributed by atoms with Crippen LogP contribution in [0.25, 0.3) is 0 Å². The van der Waals surface area contributed by atoms with E-state index in [-0.39, 0.29) is 18.5 Å². The Balaban J connectivity index is 3.30. The molecule has 92 heavy (non-hydrogen) atoms. The van der Waals surface area contributed by atoms with E-state index in [1.54, 1.807) is 0 Å². The van der Waals surface area contributed by atoms with Crippen molar-refractivity contribution in [1.82, 2.24) is 5.32 Å². The highest BCUT2D eigenvalue weighted by atomic mass is 16.5. The van der Waals surface area contributed by atoms with Crippen molar-refractivity contribution < 1.29 is 24.5 Å². The number of hydrogen-bond donors (Lipinski definition) is 3. The number of rotatable bonds is 82. The van der Waals surface area contributed by atoms with Crippen molar-refractivity contribution in [3.05, 3.63) is 12.2 Å². The first-order chi connectivity index (χ1) is 45.5. The van der Waals surface area contributed by atoms with Crippen LogP contribution in [-0.4, -0.2) is 47.4 Å². The monoisotopic (exact) mass is 1300 g/mol. The molecular formula is C86H169NO5. The minimum Gasteiger partial charge on any atom is -0.466 e. The van der Waals surface area contributed by atoms with E-state index < -0.39 is 12.1 Å². The van der Waals surface area contributed by atoms with E-state index in [2.05, 4.69) is 31.3 Å². The number of carbonyl (C=O) groups excluding carboxylic acids is 2. The maximum absolute atomic E-state index is 12.6. The molecule has 548 valence electrons. The normalized spacial score (nSPS) is 12.4. The number of ether oxygens (including phenoxy) is 1. The van der Waals surface area contributed by atoms with Gasteiger partial charge >= 0.3 is 5.97 Å². The quantitative estimate of drug-likeness (QED) is 0.0320. The predicted octanol–water partition coefficient (Wildman–Crippen LogP) is 28.6. The molecule has 0 bridgehead atoms. The topological polar surface area (TPSA) is 95.9 Å². The molecule has 6 nitrogen and oxygen atoms in total. The van der Waals surface area contributed by atoms with Crippen LogP contribution in [0.4, 0.5) is 0 Å². The summed E-state index contributed by atoms with van der Waals surface area (Å²) in [7, 11) is 0. The number of aliphatic hydroxyl groups is 2. The third-order valence-electron chi connectivity index (χ3n) is 20.6. The lowest BCUT2D eigenvalue weighted by Gasteiger charge is -2.22. The van der Waals surface area contributed by atoms with E-state index in [9.17, 15) is 19.8 Å². The molecule has 0 saturated heterocycles. The zero-order valence-corrected chi connectivity index (χ0v) is 63.1. The zero-order valence-electron chi connectivity index (χ0n) is 63.1. The van der Waals surface area contributed by atoms with Crippen LogP contribution in [0, 0.1) is 0 Å². The summed E-state index contributed by atoms with van der Waals surface area (Å²) < 4.78 is 5.49. The largest absolute Gasteiger partial charge is 0.466 e. The second kappa shape index (κ2) is 82.0. The lowest BCUT2D eigenvalue weighted by molar-refractivity contribution is -0.143. The smallest absolute Gasteiger partial charge is 0.305 e. The van der Waals surface area contributed by atoms with Gasteiger partial charge in [0.2, 0.25) is 5.91 Å². The van der Waals surface area contributed by atoms with Crippen molar-refractivity contribution in [1.29, 1.82) is 0 Å². The highest BCUT2D eigenvalue weighted by Crippen LogP contribution is 2.21. The fourth-order valence-electron chi connectivity index (χ4n) is 14.1. The number of esters is 1. The van der Waals surface area contributed by atoms with Crippen molar-refractivity contribution in [2.45, 2.75) is 514 Å². The Kier molecular flexibility index (Phi) is 80.8. The van der Waals surface area contributed by atoms with Crippen LogP contribution in [0.2, 0.25) is 0 Å². The molecule has 0 saturated carbocycles. The van der Waals surface area contributed by atoms with Crippen LogP contribution >= 0.6 is 0 Å². The molecule has 0 aliphatic heterocycles. The highest BCUT2D eigenvalue weighted by Gasteiger charge is 2.20. The SMILES string of the molecule is CCCCCC/C=C\CCCCCCCC(=O)OCCCCCCCCCCCCCCCCCCCCCCCCCCCCCCCCCCCCCCCCCC(=O)NC(CO)C(O)CCCCCCCCCCCCCCCCCCCCCCCCC. The molecule has 1 amide bonds. The second-order valence-corrected chi connectivity index (χ2v) is 29.9. The summed E-state index contributed by atoms with van der Waals surface area (Å²) in [5.41, 5.74) is 0. The van der Waals surface area contributed by atoms with Gasteiger partial charge in [-0.05, 0) is 51.4 Å². The van der Waals surface area contributed by atoms with Crippen molar-refractivity contribution in [3.63, 3.8) is 0 Å². The Bertz CT molecular complexity index is 1400. The minimum atomic E-state index is -0.661. The van der Waals surface area contributed by atoms with Crippen molar-refractivity contribution in [2.75, 3.05) is 13.2 Å². The van der Waals surface area contributed by atoms with Crippen LogP contribution in [0.5, 0.6) is 0 Å². The Labute approximate surface area is 578 Å². The molecule has 0 rings (SSSR count). The molecule has 2 atom stereocenters. The van der Waals surface area contributed by atoms with E-state index in [1.165, 1.54) is 424 Å². The fraction of sp³-hybridized carbons (Fsp3) is 0.953. The molecule has 0 aromatic carbocycles. The summed E-state index contributed by atoms with van der Waals surface area (Å²) in [6, 6.07) is -0.537. The van der Waals surface area contributed by atoms with Gasteiger partial charge in [-0.3, -0.25) is 9.59 Å². The van der Waals surface area contributed by atoms with Gasteiger partial charge in [0.15, 0.2) is 0 Å². The van der Waals surface area contributed by atoms with Crippen molar-refractivity contribution in [3.8, 4) is 0 Å². The van der Waals surface area contributed by atoms with Gasteiger partial charge in [0, 0.05) is 12.8 Å². The Morgan fingerprint density at radius 1 is 0.293 bits per heavy atom. The lowest BCUT2D eigenvalue weighted by Crippen LogP contribution is -2.45. The summed E-state index contributed by atoms with van der Waals surface area (Å²) in [5.74, 6) is -0.00641. The van der Waals surface area contributed by atoms with Crippen molar-refractivity contribution >= 4 is 11.9 Å². The molecule has 0 aliphatic rings. The first-order valence-electron chi connectivity index (χ1n) is 42.9. The standard InChI is InChI=1S/C86H169NO5/c1-3-5-7-9-11-13-15-17-18-19-20-21-39-42-45-48-51-55-58-62-66-70-74-78-84(89)83(82-88)87-85(90)79-75-71-67-63-59-56-52-49-46-43-40-37-35-33-31-29-27-25-23-22-24-26-28-30-32-34-36-38-41-44-47-50-53-57-61-65-69-73-77-81-92-86(91)80-76-72-68-64-60-54-16-14-12-10-8-6-4-2/h14,16,83-84,88-89H,3-13,15,17-82H2,1-2H3,(H,87,90)/b16-14-. The molecule has 3 N–H and O–H groups in total. The van der Waals surface area contributed by atoms with Gasteiger partial charge in [-0.25, -0.2) is 0 Å². The van der Waals surface area contributed by atoms with Gasteiger partial charge in [0.1, 0.15) is 0 Å². The maximum atomic E-state index is 12.6. The molecule has 0 radical (unpaired) electrons. The predicted molar refractivity (Wildman–Crippen MR) is 407 cm³/mol. The molecule has 0 spiro atoms. The van der Waals surface area contributed by atoms with Gasteiger partial charge in [0.05, 0.1) is 25.4 Å². The first-order valence-corrected chi connectivity index (χ1v) is 42.9. The minimum absolute atomic E-state index is 0.0159. The molecule has 0 heterocycles. The van der Waals surface area contributed by atoms with Crippen LogP contribution < -0.4 is 5.32 Å². The van der Waals surface area contributed by atoms with E-state index in [0.717, 1.165) is 44.9 Å². The first kappa shape index (κ1) is 90.6. The van der Waals surface area contributed by atoms with Crippen molar-refractivity contribution in [2.24, 2.45) is 0 Å². The Hall–Kier alpha value is -1.40. The number of amides is 1. The van der Waals surface area contributed by atoms with Crippen LogP contribution in [0.1, 0.15) is 502 Å². The van der Waals surface area contributed by atoms with Crippen LogP contribution in [0.15, 0.2) is 12.2 Å². The number of hydrogen-bond acceptors (Lipinski definition) is 5. The van der Waals surface area contributed by atoms with Gasteiger partial charge in [0.25, 0.3) is 0 Å². The zero-order chi connectivity index (χ0) is 66.3. The molecule has 6 heteroatoms. The average Bonchev–Trinajstić information content (AvgIpc) is 3.48. The van der Waals surface area contributed by atoms with Gasteiger partial charge in [-0.2, -0.15) is 0 Å². The van der Waals surface area contributed by atoms with E-state index in [1.807, 2.05) is 0 Å². The summed E-state index contributed by atoms with van der Waals surface area (Å²) in [4.78, 5) is 24.6. The average molecular weight is 1300 g/mol. The molecule has 0 aromatic heterocycles. The summed E-state index contributed by atoms with van der Waals surface area (Å²) in [6.07, 6.45) is 105. The Morgan fingerprint density at radius 2 is 0.511 bits per heavy atom. The van der Waals surface area contributed by atoms with E-state index in [4.69, 9.17) is 4.74 Å². The molecule has 0 aliphatic carbocycles. The Morgan fingerprint density at radius 3 is 0.783 bits per heavy atom.